The number of carbonyl (C=O) groups excluding carboxylic acids is 1. The number of halogens is 2. The van der Waals surface area contributed by atoms with E-state index in [-0.39, 0.29) is 12.3 Å². The Bertz CT molecular complexity index is 616. The molecule has 0 saturated carbocycles. The maximum atomic E-state index is 12.0. The Kier molecular flexibility index (Phi) is 4.66. The number of para-hydroxylation sites is 1. The van der Waals surface area contributed by atoms with Crippen molar-refractivity contribution in [1.29, 1.82) is 0 Å². The molecule has 98 valence electrons. The van der Waals surface area contributed by atoms with Crippen LogP contribution < -0.4 is 11.1 Å². The van der Waals surface area contributed by atoms with Crippen molar-refractivity contribution < 1.29 is 4.79 Å². The third-order valence-electron chi connectivity index (χ3n) is 2.61. The fourth-order valence-electron chi connectivity index (χ4n) is 1.65. The van der Waals surface area contributed by atoms with E-state index in [4.69, 9.17) is 17.3 Å². The maximum absolute atomic E-state index is 12.0. The van der Waals surface area contributed by atoms with Crippen molar-refractivity contribution in [2.45, 2.75) is 6.42 Å². The molecule has 0 heterocycles. The third kappa shape index (κ3) is 3.84. The molecule has 0 saturated heterocycles. The molecule has 3 nitrogen and oxygen atoms in total. The molecule has 2 aromatic carbocycles. The van der Waals surface area contributed by atoms with Gasteiger partial charge in [-0.1, -0.05) is 29.8 Å². The van der Waals surface area contributed by atoms with Gasteiger partial charge in [0.25, 0.3) is 0 Å². The normalized spacial score (nSPS) is 10.2. The molecule has 0 aromatic heterocycles. The number of nitrogens with one attached hydrogen (secondary N) is 1. The van der Waals surface area contributed by atoms with Crippen LogP contribution >= 0.6 is 34.2 Å². The predicted octanol–water partition coefficient (Wildman–Crippen LogP) is 3.71. The van der Waals surface area contributed by atoms with Crippen molar-refractivity contribution in [3.8, 4) is 0 Å². The number of amides is 1. The summed E-state index contributed by atoms with van der Waals surface area (Å²) in [5, 5.41) is 3.50. The number of hydrogen-bond donors (Lipinski definition) is 2. The number of nitrogen functional groups attached to an aromatic ring is 1. The fourth-order valence-corrected chi connectivity index (χ4v) is 2.66. The van der Waals surface area contributed by atoms with Crippen molar-refractivity contribution in [1.82, 2.24) is 0 Å². The molecule has 0 unspecified atom stereocenters. The van der Waals surface area contributed by atoms with E-state index in [1.54, 1.807) is 24.3 Å². The molecule has 19 heavy (non-hydrogen) atoms. The van der Waals surface area contributed by atoms with Gasteiger partial charge in [-0.05, 0) is 52.4 Å². The van der Waals surface area contributed by atoms with E-state index < -0.39 is 0 Å². The van der Waals surface area contributed by atoms with Crippen molar-refractivity contribution in [3.63, 3.8) is 0 Å². The molecule has 0 fully saturated rings. The van der Waals surface area contributed by atoms with Gasteiger partial charge in [0.05, 0.1) is 12.1 Å². The average molecular weight is 387 g/mol. The van der Waals surface area contributed by atoms with Gasteiger partial charge >= 0.3 is 0 Å². The van der Waals surface area contributed by atoms with Crippen LogP contribution in [-0.4, -0.2) is 5.91 Å². The van der Waals surface area contributed by atoms with Crippen LogP contribution in [0.15, 0.2) is 42.5 Å². The van der Waals surface area contributed by atoms with Crippen molar-refractivity contribution in [2.75, 3.05) is 11.1 Å². The zero-order valence-corrected chi connectivity index (χ0v) is 12.9. The summed E-state index contributed by atoms with van der Waals surface area (Å²) in [5.74, 6) is -0.0989. The highest BCUT2D eigenvalue weighted by molar-refractivity contribution is 14.1. The number of benzene rings is 2. The minimum absolute atomic E-state index is 0.0989. The Morgan fingerprint density at radius 1 is 1.26 bits per heavy atom. The highest BCUT2D eigenvalue weighted by atomic mass is 127. The molecule has 0 aliphatic heterocycles. The van der Waals surface area contributed by atoms with Gasteiger partial charge in [-0.15, -0.1) is 0 Å². The first-order valence-electron chi connectivity index (χ1n) is 5.64. The van der Waals surface area contributed by atoms with E-state index in [9.17, 15) is 4.79 Å². The first kappa shape index (κ1) is 14.1. The minimum atomic E-state index is -0.0989. The van der Waals surface area contributed by atoms with E-state index in [0.717, 1.165) is 14.8 Å². The Hall–Kier alpha value is -1.27. The number of hydrogen-bond acceptors (Lipinski definition) is 2. The van der Waals surface area contributed by atoms with Gasteiger partial charge in [0, 0.05) is 14.3 Å². The van der Waals surface area contributed by atoms with Crippen LogP contribution in [0.5, 0.6) is 0 Å². The fraction of sp³-hybridized carbons (Fsp3) is 0.0714. The smallest absolute Gasteiger partial charge is 0.228 e. The lowest BCUT2D eigenvalue weighted by atomic mass is 10.1. The van der Waals surface area contributed by atoms with E-state index in [2.05, 4.69) is 27.9 Å². The van der Waals surface area contributed by atoms with Gasteiger partial charge in [-0.3, -0.25) is 4.79 Å². The lowest BCUT2D eigenvalue weighted by Gasteiger charge is -2.09. The first-order valence-corrected chi connectivity index (χ1v) is 7.10. The van der Waals surface area contributed by atoms with Crippen molar-refractivity contribution in [3.05, 3.63) is 56.6 Å². The summed E-state index contributed by atoms with van der Waals surface area (Å²) in [5.41, 5.74) is 8.02. The highest BCUT2D eigenvalue weighted by Gasteiger charge is 2.08. The highest BCUT2D eigenvalue weighted by Crippen LogP contribution is 2.22. The van der Waals surface area contributed by atoms with E-state index >= 15 is 0 Å². The van der Waals surface area contributed by atoms with Crippen LogP contribution in [0.4, 0.5) is 11.4 Å². The Balaban J connectivity index is 2.08. The molecule has 3 N–H and O–H groups in total. The second kappa shape index (κ2) is 6.25. The number of rotatable bonds is 3. The van der Waals surface area contributed by atoms with Crippen LogP contribution in [0.2, 0.25) is 5.02 Å². The molecule has 0 atom stereocenters. The molecule has 0 spiro atoms. The maximum Gasteiger partial charge on any atom is 0.228 e. The number of anilines is 2. The molecular formula is C14H12ClIN2O. The van der Waals surface area contributed by atoms with Crippen LogP contribution in [0.3, 0.4) is 0 Å². The lowest BCUT2D eigenvalue weighted by Crippen LogP contribution is -2.16. The summed E-state index contributed by atoms with van der Waals surface area (Å²) >= 11 is 8.00. The van der Waals surface area contributed by atoms with Crippen LogP contribution in [-0.2, 0) is 11.2 Å². The lowest BCUT2D eigenvalue weighted by molar-refractivity contribution is -0.115. The Morgan fingerprint density at radius 3 is 2.68 bits per heavy atom. The zero-order chi connectivity index (χ0) is 13.8. The molecule has 5 heteroatoms. The van der Waals surface area contributed by atoms with Gasteiger partial charge in [-0.25, -0.2) is 0 Å². The molecule has 0 bridgehead atoms. The monoisotopic (exact) mass is 386 g/mol. The van der Waals surface area contributed by atoms with Gasteiger partial charge in [0.15, 0.2) is 0 Å². The molecular weight excluding hydrogens is 375 g/mol. The SMILES string of the molecule is Nc1ccccc1CC(=O)Nc1ccc(Cl)cc1I. The van der Waals surface area contributed by atoms with E-state index in [0.29, 0.717) is 10.7 Å². The summed E-state index contributed by atoms with van der Waals surface area (Å²) in [6.07, 6.45) is 0.255. The van der Waals surface area contributed by atoms with Crippen LogP contribution in [0.25, 0.3) is 0 Å². The molecule has 0 aliphatic carbocycles. The second-order valence-electron chi connectivity index (χ2n) is 4.05. The molecule has 0 aliphatic rings. The minimum Gasteiger partial charge on any atom is -0.398 e. The molecule has 2 aromatic rings. The number of carbonyl (C=O) groups is 1. The van der Waals surface area contributed by atoms with Crippen LogP contribution in [0, 0.1) is 3.57 Å². The topological polar surface area (TPSA) is 55.1 Å². The first-order chi connectivity index (χ1) is 9.06. The van der Waals surface area contributed by atoms with Gasteiger partial charge in [-0.2, -0.15) is 0 Å². The zero-order valence-electron chi connectivity index (χ0n) is 9.99. The summed E-state index contributed by atoms with van der Waals surface area (Å²) in [4.78, 5) is 12.0. The summed E-state index contributed by atoms with van der Waals surface area (Å²) in [6, 6.07) is 12.7. The molecule has 0 radical (unpaired) electrons. The van der Waals surface area contributed by atoms with Crippen molar-refractivity contribution in [2.24, 2.45) is 0 Å². The van der Waals surface area contributed by atoms with Crippen LogP contribution in [0.1, 0.15) is 5.56 Å². The van der Waals surface area contributed by atoms with E-state index in [1.807, 2.05) is 18.2 Å². The summed E-state index contributed by atoms with van der Waals surface area (Å²) in [6.45, 7) is 0. The summed E-state index contributed by atoms with van der Waals surface area (Å²) in [7, 11) is 0. The third-order valence-corrected chi connectivity index (χ3v) is 3.74. The molecule has 2 rings (SSSR count). The predicted molar refractivity (Wildman–Crippen MR) is 87.4 cm³/mol. The van der Waals surface area contributed by atoms with Crippen molar-refractivity contribution >= 4 is 51.5 Å². The standard InChI is InChI=1S/C14H12ClIN2O/c15-10-5-6-13(11(16)8-10)18-14(19)7-9-3-1-2-4-12(9)17/h1-6,8H,7,17H2,(H,18,19). The van der Waals surface area contributed by atoms with E-state index in [1.165, 1.54) is 0 Å². The largest absolute Gasteiger partial charge is 0.398 e. The van der Waals surface area contributed by atoms with Gasteiger partial charge in [0.1, 0.15) is 0 Å². The Labute approximate surface area is 130 Å². The second-order valence-corrected chi connectivity index (χ2v) is 5.65. The Morgan fingerprint density at radius 2 is 2.00 bits per heavy atom. The number of nitrogens with two attached hydrogens (primary N) is 1. The van der Waals surface area contributed by atoms with Gasteiger partial charge in [0.2, 0.25) is 5.91 Å². The average Bonchev–Trinajstić information content (AvgIpc) is 2.36. The quantitative estimate of drug-likeness (QED) is 0.624. The summed E-state index contributed by atoms with van der Waals surface area (Å²) < 4.78 is 0.902. The molecule has 1 amide bonds. The van der Waals surface area contributed by atoms with Gasteiger partial charge < -0.3 is 11.1 Å².